The Hall–Kier alpha value is -0.910. The molecule has 0 aromatic heterocycles. The molecule has 3 atom stereocenters. The summed E-state index contributed by atoms with van der Waals surface area (Å²) < 4.78 is 0. The van der Waals surface area contributed by atoms with Crippen molar-refractivity contribution in [2.75, 3.05) is 19.1 Å². The summed E-state index contributed by atoms with van der Waals surface area (Å²) in [6.45, 7) is 2.00. The van der Waals surface area contributed by atoms with Crippen LogP contribution in [0.4, 0.5) is 4.79 Å². The second kappa shape index (κ2) is 8.39. The van der Waals surface area contributed by atoms with Gasteiger partial charge in [-0.3, -0.25) is 4.79 Å². The Kier molecular flexibility index (Phi) is 7.19. The number of carboxylic acids is 1. The minimum absolute atomic E-state index is 0.138. The Balaban J connectivity index is 2.63. The summed E-state index contributed by atoms with van der Waals surface area (Å²) in [4.78, 5) is 25.2. The van der Waals surface area contributed by atoms with Crippen molar-refractivity contribution in [1.29, 1.82) is 0 Å². The average molecular weight is 302 g/mol. The zero-order valence-corrected chi connectivity index (χ0v) is 13.4. The quantitative estimate of drug-likeness (QED) is 0.765. The molecular formula is C14H26N2O3S. The van der Waals surface area contributed by atoms with Crippen LogP contribution in [0, 0.1) is 5.92 Å². The number of carbonyl (C=O) groups is 2. The SMILES string of the molecule is CSCC(C)N(C)C(=O)NC1CCCCCC1C(=O)O. The lowest BCUT2D eigenvalue weighted by atomic mass is 9.95. The van der Waals surface area contributed by atoms with Gasteiger partial charge in [-0.15, -0.1) is 0 Å². The predicted octanol–water partition coefficient (Wildman–Crippen LogP) is 2.41. The summed E-state index contributed by atoms with van der Waals surface area (Å²) in [5.74, 6) is -0.376. The first kappa shape index (κ1) is 17.1. The molecule has 1 aliphatic rings. The first-order valence-corrected chi connectivity index (χ1v) is 8.61. The summed E-state index contributed by atoms with van der Waals surface area (Å²) in [6.07, 6.45) is 6.39. The molecule has 2 amide bonds. The molecule has 3 unspecified atom stereocenters. The Morgan fingerprint density at radius 3 is 2.60 bits per heavy atom. The van der Waals surface area contributed by atoms with Crippen LogP contribution < -0.4 is 5.32 Å². The third-order valence-electron chi connectivity index (χ3n) is 4.03. The lowest BCUT2D eigenvalue weighted by Crippen LogP contribution is -2.50. The first-order valence-electron chi connectivity index (χ1n) is 7.22. The van der Waals surface area contributed by atoms with Gasteiger partial charge in [0.25, 0.3) is 0 Å². The normalized spacial score (nSPS) is 24.6. The van der Waals surface area contributed by atoms with E-state index in [0.717, 1.165) is 31.4 Å². The van der Waals surface area contributed by atoms with E-state index in [0.29, 0.717) is 6.42 Å². The molecular weight excluding hydrogens is 276 g/mol. The number of rotatable bonds is 5. The molecule has 6 heteroatoms. The van der Waals surface area contributed by atoms with Crippen molar-refractivity contribution >= 4 is 23.8 Å². The molecule has 0 heterocycles. The highest BCUT2D eigenvalue weighted by atomic mass is 32.2. The van der Waals surface area contributed by atoms with Gasteiger partial charge in [-0.2, -0.15) is 11.8 Å². The van der Waals surface area contributed by atoms with Gasteiger partial charge in [0.15, 0.2) is 0 Å². The van der Waals surface area contributed by atoms with Gasteiger partial charge in [-0.05, 0) is 26.0 Å². The summed E-state index contributed by atoms with van der Waals surface area (Å²) in [7, 11) is 1.77. The number of thioether (sulfide) groups is 1. The van der Waals surface area contributed by atoms with E-state index in [1.807, 2.05) is 13.2 Å². The number of aliphatic carboxylic acids is 1. The summed E-state index contributed by atoms with van der Waals surface area (Å²) in [5.41, 5.74) is 0. The molecule has 116 valence electrons. The number of nitrogens with one attached hydrogen (secondary N) is 1. The van der Waals surface area contributed by atoms with E-state index < -0.39 is 11.9 Å². The average Bonchev–Trinajstić information content (AvgIpc) is 2.63. The van der Waals surface area contributed by atoms with Crippen LogP contribution in [0.1, 0.15) is 39.0 Å². The highest BCUT2D eigenvalue weighted by molar-refractivity contribution is 7.98. The van der Waals surface area contributed by atoms with Crippen LogP contribution in [-0.2, 0) is 4.79 Å². The van der Waals surface area contributed by atoms with Gasteiger partial charge in [0.05, 0.1) is 5.92 Å². The van der Waals surface area contributed by atoms with Crippen molar-refractivity contribution in [3.05, 3.63) is 0 Å². The van der Waals surface area contributed by atoms with Crippen molar-refractivity contribution in [2.24, 2.45) is 5.92 Å². The summed E-state index contributed by atoms with van der Waals surface area (Å²) >= 11 is 1.69. The van der Waals surface area contributed by atoms with E-state index in [4.69, 9.17) is 0 Å². The van der Waals surface area contributed by atoms with E-state index in [-0.39, 0.29) is 18.1 Å². The molecule has 1 saturated carbocycles. The number of nitrogens with zero attached hydrogens (tertiary/aromatic N) is 1. The second-order valence-corrected chi connectivity index (χ2v) is 6.46. The van der Waals surface area contributed by atoms with Crippen molar-refractivity contribution in [3.8, 4) is 0 Å². The highest BCUT2D eigenvalue weighted by Crippen LogP contribution is 2.24. The standard InChI is InChI=1S/C14H26N2O3S/c1-10(9-20-3)16(2)14(19)15-12-8-6-4-5-7-11(12)13(17)18/h10-12H,4-9H2,1-3H3,(H,15,19)(H,17,18). The molecule has 0 radical (unpaired) electrons. The lowest BCUT2D eigenvalue weighted by molar-refractivity contribution is -0.142. The van der Waals surface area contributed by atoms with E-state index in [1.165, 1.54) is 0 Å². The Labute approximate surface area is 125 Å². The van der Waals surface area contributed by atoms with Crippen LogP contribution in [0.2, 0.25) is 0 Å². The van der Waals surface area contributed by atoms with Crippen LogP contribution in [-0.4, -0.2) is 53.1 Å². The monoisotopic (exact) mass is 302 g/mol. The fourth-order valence-electron chi connectivity index (χ4n) is 2.59. The Morgan fingerprint density at radius 2 is 2.00 bits per heavy atom. The van der Waals surface area contributed by atoms with Crippen molar-refractivity contribution in [1.82, 2.24) is 10.2 Å². The van der Waals surface area contributed by atoms with E-state index in [1.54, 1.807) is 23.7 Å². The minimum atomic E-state index is -0.794. The molecule has 20 heavy (non-hydrogen) atoms. The first-order chi connectivity index (χ1) is 9.47. The fraction of sp³-hybridized carbons (Fsp3) is 0.857. The molecule has 5 nitrogen and oxygen atoms in total. The molecule has 1 fully saturated rings. The van der Waals surface area contributed by atoms with Gasteiger partial charge in [0.1, 0.15) is 0 Å². The lowest BCUT2D eigenvalue weighted by Gasteiger charge is -2.29. The van der Waals surface area contributed by atoms with Gasteiger partial charge < -0.3 is 15.3 Å². The largest absolute Gasteiger partial charge is 0.481 e. The topological polar surface area (TPSA) is 69.6 Å². The number of carboxylic acid groups (broad SMARTS) is 1. The van der Waals surface area contributed by atoms with Crippen LogP contribution >= 0.6 is 11.8 Å². The third kappa shape index (κ3) is 4.89. The third-order valence-corrected chi connectivity index (χ3v) is 4.85. The number of carbonyl (C=O) groups excluding carboxylic acids is 1. The van der Waals surface area contributed by atoms with Crippen LogP contribution in [0.15, 0.2) is 0 Å². The van der Waals surface area contributed by atoms with Crippen LogP contribution in [0.3, 0.4) is 0 Å². The molecule has 0 aromatic carbocycles. The maximum atomic E-state index is 12.2. The summed E-state index contributed by atoms with van der Waals surface area (Å²) in [6, 6.07) is -0.268. The summed E-state index contributed by atoms with van der Waals surface area (Å²) in [5, 5.41) is 12.2. The van der Waals surface area contributed by atoms with Crippen molar-refractivity contribution < 1.29 is 14.7 Å². The van der Waals surface area contributed by atoms with Gasteiger partial charge in [-0.1, -0.05) is 19.3 Å². The Morgan fingerprint density at radius 1 is 1.35 bits per heavy atom. The van der Waals surface area contributed by atoms with Gasteiger partial charge in [0.2, 0.25) is 0 Å². The minimum Gasteiger partial charge on any atom is -0.481 e. The second-order valence-electron chi connectivity index (χ2n) is 5.55. The van der Waals surface area contributed by atoms with Crippen molar-refractivity contribution in [3.63, 3.8) is 0 Å². The van der Waals surface area contributed by atoms with Gasteiger partial charge in [0, 0.05) is 24.9 Å². The molecule has 0 saturated heterocycles. The van der Waals surface area contributed by atoms with Crippen molar-refractivity contribution in [2.45, 2.75) is 51.1 Å². The maximum absolute atomic E-state index is 12.2. The fourth-order valence-corrected chi connectivity index (χ4v) is 3.30. The van der Waals surface area contributed by atoms with E-state index in [9.17, 15) is 14.7 Å². The van der Waals surface area contributed by atoms with E-state index in [2.05, 4.69) is 5.32 Å². The smallest absolute Gasteiger partial charge is 0.317 e. The van der Waals surface area contributed by atoms with Crippen LogP contribution in [0.5, 0.6) is 0 Å². The zero-order chi connectivity index (χ0) is 15.1. The Bertz CT molecular complexity index is 338. The number of hydrogen-bond acceptors (Lipinski definition) is 3. The number of urea groups is 1. The van der Waals surface area contributed by atoms with Gasteiger partial charge >= 0.3 is 12.0 Å². The number of amides is 2. The molecule has 0 bridgehead atoms. The maximum Gasteiger partial charge on any atom is 0.317 e. The van der Waals surface area contributed by atoms with Crippen LogP contribution in [0.25, 0.3) is 0 Å². The molecule has 1 aliphatic carbocycles. The highest BCUT2D eigenvalue weighted by Gasteiger charge is 2.31. The zero-order valence-electron chi connectivity index (χ0n) is 12.6. The molecule has 0 aromatic rings. The van der Waals surface area contributed by atoms with Gasteiger partial charge in [-0.25, -0.2) is 4.79 Å². The molecule has 2 N–H and O–H groups in total. The number of hydrogen-bond donors (Lipinski definition) is 2. The molecule has 0 spiro atoms. The molecule has 0 aliphatic heterocycles. The van der Waals surface area contributed by atoms with E-state index >= 15 is 0 Å². The molecule has 1 rings (SSSR count). The predicted molar refractivity (Wildman–Crippen MR) is 82.1 cm³/mol.